The molecule has 0 bridgehead atoms. The van der Waals surface area contributed by atoms with Crippen molar-refractivity contribution in [2.75, 3.05) is 5.32 Å². The molecule has 0 saturated carbocycles. The number of halogens is 1. The van der Waals surface area contributed by atoms with E-state index in [9.17, 15) is 14.0 Å². The number of carbonyl (C=O) groups is 2. The van der Waals surface area contributed by atoms with Crippen LogP contribution in [0.15, 0.2) is 78.9 Å². The van der Waals surface area contributed by atoms with E-state index in [0.29, 0.717) is 23.4 Å². The molecule has 0 aromatic heterocycles. The SMILES string of the molecule is CC(C)N(Cc1ccccc1)C(=O)c1cccc(C(=O)Nc2cccc(F)c2)c1. The molecule has 1 N–H and O–H groups in total. The fraction of sp³-hybridized carbons (Fsp3) is 0.167. The number of benzene rings is 3. The molecule has 0 spiro atoms. The Kier molecular flexibility index (Phi) is 6.39. The van der Waals surface area contributed by atoms with Crippen molar-refractivity contribution in [2.45, 2.75) is 26.4 Å². The van der Waals surface area contributed by atoms with Crippen LogP contribution in [0.25, 0.3) is 0 Å². The number of hydrogen-bond acceptors (Lipinski definition) is 2. The lowest BCUT2D eigenvalue weighted by molar-refractivity contribution is 0.0690. The van der Waals surface area contributed by atoms with Crippen LogP contribution in [0.4, 0.5) is 10.1 Å². The topological polar surface area (TPSA) is 49.4 Å². The Balaban J connectivity index is 1.79. The van der Waals surface area contributed by atoms with Gasteiger partial charge >= 0.3 is 0 Å². The van der Waals surface area contributed by atoms with Crippen molar-refractivity contribution < 1.29 is 14.0 Å². The quantitative estimate of drug-likeness (QED) is 0.634. The van der Waals surface area contributed by atoms with Gasteiger partial charge in [0.25, 0.3) is 11.8 Å². The van der Waals surface area contributed by atoms with Crippen molar-refractivity contribution in [2.24, 2.45) is 0 Å². The number of rotatable bonds is 6. The van der Waals surface area contributed by atoms with Gasteiger partial charge in [0.1, 0.15) is 5.82 Å². The van der Waals surface area contributed by atoms with Crippen LogP contribution in [0.5, 0.6) is 0 Å². The molecule has 0 fully saturated rings. The molecular formula is C24H23FN2O2. The van der Waals surface area contributed by atoms with E-state index in [1.807, 2.05) is 44.2 Å². The smallest absolute Gasteiger partial charge is 0.255 e. The highest BCUT2D eigenvalue weighted by Crippen LogP contribution is 2.16. The van der Waals surface area contributed by atoms with Crippen molar-refractivity contribution >= 4 is 17.5 Å². The van der Waals surface area contributed by atoms with E-state index in [4.69, 9.17) is 0 Å². The summed E-state index contributed by atoms with van der Waals surface area (Å²) >= 11 is 0. The summed E-state index contributed by atoms with van der Waals surface area (Å²) in [5, 5.41) is 2.65. The molecule has 2 amide bonds. The summed E-state index contributed by atoms with van der Waals surface area (Å²) in [7, 11) is 0. The van der Waals surface area contributed by atoms with Crippen molar-refractivity contribution in [1.82, 2.24) is 4.90 Å². The second-order valence-corrected chi connectivity index (χ2v) is 7.06. The average molecular weight is 390 g/mol. The van der Waals surface area contributed by atoms with E-state index in [0.717, 1.165) is 5.56 Å². The van der Waals surface area contributed by atoms with Gasteiger partial charge in [-0.05, 0) is 55.8 Å². The Bertz CT molecular complexity index is 1000. The maximum atomic E-state index is 13.3. The zero-order valence-electron chi connectivity index (χ0n) is 16.4. The standard InChI is InChI=1S/C24H23FN2O2/c1-17(2)27(16-18-8-4-3-5-9-18)24(29)20-11-6-10-19(14-20)23(28)26-22-13-7-12-21(25)15-22/h3-15,17H,16H2,1-2H3,(H,26,28). The first-order valence-corrected chi connectivity index (χ1v) is 9.46. The van der Waals surface area contributed by atoms with Gasteiger partial charge in [0, 0.05) is 29.4 Å². The van der Waals surface area contributed by atoms with E-state index >= 15 is 0 Å². The maximum absolute atomic E-state index is 13.3. The van der Waals surface area contributed by atoms with E-state index < -0.39 is 11.7 Å². The number of nitrogens with zero attached hydrogens (tertiary/aromatic N) is 1. The molecule has 3 rings (SSSR count). The Labute approximate surface area is 170 Å². The summed E-state index contributed by atoms with van der Waals surface area (Å²) in [5.74, 6) is -0.978. The highest BCUT2D eigenvalue weighted by Gasteiger charge is 2.20. The van der Waals surface area contributed by atoms with Gasteiger partial charge in [0.05, 0.1) is 0 Å². The second-order valence-electron chi connectivity index (χ2n) is 7.06. The number of hydrogen-bond donors (Lipinski definition) is 1. The summed E-state index contributed by atoms with van der Waals surface area (Å²) < 4.78 is 13.3. The summed E-state index contributed by atoms with van der Waals surface area (Å²) in [6.07, 6.45) is 0. The Morgan fingerprint density at radius 3 is 2.28 bits per heavy atom. The van der Waals surface area contributed by atoms with Crippen LogP contribution in [0.1, 0.15) is 40.1 Å². The van der Waals surface area contributed by atoms with Gasteiger partial charge in [-0.15, -0.1) is 0 Å². The summed E-state index contributed by atoms with van der Waals surface area (Å²) in [6.45, 7) is 4.40. The lowest BCUT2D eigenvalue weighted by atomic mass is 10.1. The molecule has 29 heavy (non-hydrogen) atoms. The average Bonchev–Trinajstić information content (AvgIpc) is 2.72. The molecule has 0 aliphatic carbocycles. The summed E-state index contributed by atoms with van der Waals surface area (Å²) in [6, 6.07) is 22.0. The Hall–Kier alpha value is -3.47. The van der Waals surface area contributed by atoms with Crippen LogP contribution < -0.4 is 5.32 Å². The third-order valence-electron chi connectivity index (χ3n) is 4.53. The second kappa shape index (κ2) is 9.15. The number of nitrogens with one attached hydrogen (secondary N) is 1. The van der Waals surface area contributed by atoms with E-state index in [2.05, 4.69) is 5.32 Å². The van der Waals surface area contributed by atoms with Crippen molar-refractivity contribution in [1.29, 1.82) is 0 Å². The largest absolute Gasteiger partial charge is 0.332 e. The van der Waals surface area contributed by atoms with Crippen LogP contribution in [0, 0.1) is 5.82 Å². The van der Waals surface area contributed by atoms with Gasteiger partial charge in [-0.1, -0.05) is 42.5 Å². The molecule has 0 aliphatic rings. The minimum Gasteiger partial charge on any atom is -0.332 e. The van der Waals surface area contributed by atoms with Gasteiger partial charge in [0.15, 0.2) is 0 Å². The molecule has 0 heterocycles. The third kappa shape index (κ3) is 5.29. The van der Waals surface area contributed by atoms with Crippen molar-refractivity contribution in [3.63, 3.8) is 0 Å². The zero-order valence-corrected chi connectivity index (χ0v) is 16.4. The normalized spacial score (nSPS) is 10.6. The fourth-order valence-electron chi connectivity index (χ4n) is 3.00. The van der Waals surface area contributed by atoms with Crippen LogP contribution >= 0.6 is 0 Å². The lowest BCUT2D eigenvalue weighted by Gasteiger charge is -2.27. The fourth-order valence-corrected chi connectivity index (χ4v) is 3.00. The molecule has 3 aromatic rings. The molecule has 0 atom stereocenters. The summed E-state index contributed by atoms with van der Waals surface area (Å²) in [5.41, 5.74) is 2.17. The minimum atomic E-state index is -0.430. The zero-order chi connectivity index (χ0) is 20.8. The number of anilines is 1. The molecule has 3 aromatic carbocycles. The monoisotopic (exact) mass is 390 g/mol. The molecule has 0 radical (unpaired) electrons. The highest BCUT2D eigenvalue weighted by atomic mass is 19.1. The molecule has 5 heteroatoms. The Morgan fingerprint density at radius 1 is 0.897 bits per heavy atom. The molecule has 4 nitrogen and oxygen atoms in total. The molecular weight excluding hydrogens is 367 g/mol. The van der Waals surface area contributed by atoms with Crippen molar-refractivity contribution in [3.05, 3.63) is 101 Å². The van der Waals surface area contributed by atoms with Gasteiger partial charge in [0.2, 0.25) is 0 Å². The van der Waals surface area contributed by atoms with Crippen LogP contribution in [-0.2, 0) is 6.54 Å². The molecule has 148 valence electrons. The summed E-state index contributed by atoms with van der Waals surface area (Å²) in [4.78, 5) is 27.4. The number of amides is 2. The predicted molar refractivity (Wildman–Crippen MR) is 112 cm³/mol. The molecule has 0 aliphatic heterocycles. The number of carbonyl (C=O) groups excluding carboxylic acids is 2. The van der Waals surface area contributed by atoms with Crippen molar-refractivity contribution in [3.8, 4) is 0 Å². The van der Waals surface area contributed by atoms with Gasteiger partial charge in [-0.25, -0.2) is 4.39 Å². The first kappa shape index (κ1) is 20.3. The van der Waals surface area contributed by atoms with Gasteiger partial charge < -0.3 is 10.2 Å². The Morgan fingerprint density at radius 2 is 1.59 bits per heavy atom. The first-order valence-electron chi connectivity index (χ1n) is 9.46. The van der Waals surface area contributed by atoms with Gasteiger partial charge in [-0.2, -0.15) is 0 Å². The highest BCUT2D eigenvalue weighted by molar-refractivity contribution is 6.06. The molecule has 0 saturated heterocycles. The van der Waals surface area contributed by atoms with E-state index in [1.165, 1.54) is 18.2 Å². The lowest BCUT2D eigenvalue weighted by Crippen LogP contribution is -2.36. The maximum Gasteiger partial charge on any atom is 0.255 e. The van der Waals surface area contributed by atoms with Gasteiger partial charge in [-0.3, -0.25) is 9.59 Å². The van der Waals surface area contributed by atoms with E-state index in [-0.39, 0.29) is 11.9 Å². The molecule has 0 unspecified atom stereocenters. The predicted octanol–water partition coefficient (Wildman–Crippen LogP) is 5.13. The van der Waals surface area contributed by atoms with Crippen LogP contribution in [0.2, 0.25) is 0 Å². The van der Waals surface area contributed by atoms with E-state index in [1.54, 1.807) is 35.2 Å². The van der Waals surface area contributed by atoms with Crippen LogP contribution in [0.3, 0.4) is 0 Å². The third-order valence-corrected chi connectivity index (χ3v) is 4.53. The first-order chi connectivity index (χ1) is 13.9. The van der Waals surface area contributed by atoms with Crippen LogP contribution in [-0.4, -0.2) is 22.8 Å². The minimum absolute atomic E-state index is 0.00696.